The van der Waals surface area contributed by atoms with Crippen LogP contribution in [0.2, 0.25) is 0 Å². The molecule has 13 nitrogen and oxygen atoms in total. The number of hydrogen-bond acceptors (Lipinski definition) is 8. The number of benzene rings is 1. The molecule has 1 rings (SSSR count). The normalized spacial score (nSPS) is 13.0. The number of rotatable bonds is 18. The van der Waals surface area contributed by atoms with Crippen LogP contribution in [-0.2, 0) is 30.3 Å². The average molecular weight is 611 g/mol. The highest BCUT2D eigenvalue weighted by Crippen LogP contribution is 2.10. The Morgan fingerprint density at radius 2 is 1.45 bits per heavy atom. The van der Waals surface area contributed by atoms with Crippen molar-refractivity contribution in [2.45, 2.75) is 71.5 Å². The lowest BCUT2D eigenvalue weighted by atomic mass is 10.0. The minimum Gasteiger partial charge on any atom is -0.481 e. The summed E-state index contributed by atoms with van der Waals surface area (Å²) in [5.41, 5.74) is 0.665. The van der Waals surface area contributed by atoms with E-state index in [0.717, 1.165) is 0 Å². The highest BCUT2D eigenvalue weighted by Gasteiger charge is 2.30. The standard InChI is InChI=1S/C28H42N4O9S/c1-16(2)13-21(30-25(36)20(9-10-23(33)34)32-28(40)41-14-17(3)4)26(37)31-22(15-42)24(35)29-12-11-18-7-5-6-8-19(18)27(38)39/h5-8,16-17,20-22,42H,9-15H2,1-4H3,(H,29,35)(H,30,36)(H,31,37)(H,32,40)(H,33,34)(H,38,39)/t20-,21-,22-/m0/s1. The predicted molar refractivity (Wildman–Crippen MR) is 157 cm³/mol. The van der Waals surface area contributed by atoms with E-state index in [9.17, 15) is 33.9 Å². The lowest BCUT2D eigenvalue weighted by molar-refractivity contribution is -0.137. The molecule has 4 amide bonds. The van der Waals surface area contributed by atoms with Crippen LogP contribution in [0.5, 0.6) is 0 Å². The molecule has 0 aromatic heterocycles. The van der Waals surface area contributed by atoms with E-state index in [2.05, 4.69) is 33.9 Å². The van der Waals surface area contributed by atoms with Gasteiger partial charge in [-0.15, -0.1) is 0 Å². The molecule has 234 valence electrons. The van der Waals surface area contributed by atoms with Crippen LogP contribution in [-0.4, -0.2) is 83.0 Å². The van der Waals surface area contributed by atoms with Crippen molar-refractivity contribution in [3.05, 3.63) is 35.4 Å². The number of carbonyl (C=O) groups excluding carboxylic acids is 4. The SMILES string of the molecule is CC(C)COC(=O)N[C@@H](CCC(=O)O)C(=O)N[C@@H](CC(C)C)C(=O)N[C@@H](CS)C(=O)NCCc1ccccc1C(=O)O. The number of carboxylic acid groups (broad SMARTS) is 2. The molecule has 0 radical (unpaired) electrons. The molecule has 0 saturated carbocycles. The lowest BCUT2D eigenvalue weighted by Gasteiger charge is -2.25. The van der Waals surface area contributed by atoms with Crippen molar-refractivity contribution < 1.29 is 43.7 Å². The molecule has 0 unspecified atom stereocenters. The molecule has 0 fully saturated rings. The molecule has 0 aliphatic carbocycles. The van der Waals surface area contributed by atoms with Gasteiger partial charge in [-0.3, -0.25) is 19.2 Å². The van der Waals surface area contributed by atoms with Crippen LogP contribution in [0.3, 0.4) is 0 Å². The summed E-state index contributed by atoms with van der Waals surface area (Å²) in [6, 6.07) is 2.98. The van der Waals surface area contributed by atoms with Gasteiger partial charge in [0.05, 0.1) is 12.2 Å². The molecule has 0 aliphatic rings. The average Bonchev–Trinajstić information content (AvgIpc) is 2.91. The lowest BCUT2D eigenvalue weighted by Crippen LogP contribution is -2.57. The maximum Gasteiger partial charge on any atom is 0.407 e. The number of carbonyl (C=O) groups is 6. The first-order valence-corrected chi connectivity index (χ1v) is 14.3. The van der Waals surface area contributed by atoms with E-state index in [4.69, 9.17) is 9.84 Å². The number of hydrogen-bond donors (Lipinski definition) is 7. The van der Waals surface area contributed by atoms with Gasteiger partial charge in [0.25, 0.3) is 0 Å². The van der Waals surface area contributed by atoms with Crippen molar-refractivity contribution in [1.29, 1.82) is 0 Å². The Hall–Kier alpha value is -3.81. The summed E-state index contributed by atoms with van der Waals surface area (Å²) in [6.45, 7) is 7.51. The van der Waals surface area contributed by atoms with Gasteiger partial charge >= 0.3 is 18.0 Å². The first-order valence-electron chi connectivity index (χ1n) is 13.7. The molecule has 42 heavy (non-hydrogen) atoms. The Morgan fingerprint density at radius 3 is 2.02 bits per heavy atom. The van der Waals surface area contributed by atoms with E-state index in [0.29, 0.717) is 5.56 Å². The topological polar surface area (TPSA) is 200 Å². The Labute approximate surface area is 250 Å². The summed E-state index contributed by atoms with van der Waals surface area (Å²) >= 11 is 4.17. The van der Waals surface area contributed by atoms with Crippen LogP contribution < -0.4 is 21.3 Å². The van der Waals surface area contributed by atoms with Gasteiger partial charge in [0.1, 0.15) is 18.1 Å². The molecular formula is C28H42N4O9S. The van der Waals surface area contributed by atoms with Crippen LogP contribution >= 0.6 is 12.6 Å². The highest BCUT2D eigenvalue weighted by molar-refractivity contribution is 7.80. The summed E-state index contributed by atoms with van der Waals surface area (Å²) in [6.07, 6.45) is -1.11. The smallest absolute Gasteiger partial charge is 0.407 e. The molecule has 1 aromatic carbocycles. The molecule has 0 bridgehead atoms. The van der Waals surface area contributed by atoms with Gasteiger partial charge < -0.3 is 36.2 Å². The molecule has 0 spiro atoms. The number of carboxylic acids is 2. The Morgan fingerprint density at radius 1 is 0.833 bits per heavy atom. The number of thiol groups is 1. The van der Waals surface area contributed by atoms with Crippen molar-refractivity contribution in [2.75, 3.05) is 18.9 Å². The van der Waals surface area contributed by atoms with Crippen LogP contribution in [0.1, 0.15) is 62.9 Å². The molecule has 1 aromatic rings. The quantitative estimate of drug-likeness (QED) is 0.121. The van der Waals surface area contributed by atoms with Crippen LogP contribution in [0, 0.1) is 11.8 Å². The Bertz CT molecular complexity index is 1100. The second-order valence-electron chi connectivity index (χ2n) is 10.6. The zero-order valence-electron chi connectivity index (χ0n) is 24.3. The fourth-order valence-corrected chi connectivity index (χ4v) is 4.05. The number of aromatic carboxylic acids is 1. The van der Waals surface area contributed by atoms with Gasteiger partial charge in [0.2, 0.25) is 17.7 Å². The summed E-state index contributed by atoms with van der Waals surface area (Å²) in [5.74, 6) is -4.31. The Kier molecular flexibility index (Phi) is 16.0. The van der Waals surface area contributed by atoms with Crippen molar-refractivity contribution >= 4 is 48.4 Å². The summed E-state index contributed by atoms with van der Waals surface area (Å²) in [7, 11) is 0. The maximum absolute atomic E-state index is 13.2. The number of alkyl carbamates (subject to hydrolysis) is 1. The molecule has 0 aliphatic heterocycles. The Balaban J connectivity index is 2.89. The van der Waals surface area contributed by atoms with Crippen molar-refractivity contribution in [2.24, 2.45) is 11.8 Å². The van der Waals surface area contributed by atoms with Gasteiger partial charge in [-0.25, -0.2) is 9.59 Å². The van der Waals surface area contributed by atoms with E-state index >= 15 is 0 Å². The molecule has 14 heteroatoms. The van der Waals surface area contributed by atoms with E-state index in [1.807, 2.05) is 27.7 Å². The van der Waals surface area contributed by atoms with Crippen LogP contribution in [0.15, 0.2) is 24.3 Å². The molecule has 6 N–H and O–H groups in total. The van der Waals surface area contributed by atoms with E-state index in [1.54, 1.807) is 18.2 Å². The number of amides is 4. The van der Waals surface area contributed by atoms with Gasteiger partial charge in [0, 0.05) is 18.7 Å². The highest BCUT2D eigenvalue weighted by atomic mass is 32.1. The second-order valence-corrected chi connectivity index (χ2v) is 10.9. The first-order chi connectivity index (χ1) is 19.7. The summed E-state index contributed by atoms with van der Waals surface area (Å²) < 4.78 is 5.04. The van der Waals surface area contributed by atoms with E-state index in [-0.39, 0.29) is 55.6 Å². The van der Waals surface area contributed by atoms with Gasteiger partial charge in [-0.1, -0.05) is 45.9 Å². The molecule has 0 heterocycles. The van der Waals surface area contributed by atoms with Crippen molar-refractivity contribution in [3.63, 3.8) is 0 Å². The maximum atomic E-state index is 13.2. The third kappa shape index (κ3) is 13.7. The second kappa shape index (κ2) is 18.6. The fourth-order valence-electron chi connectivity index (χ4n) is 3.80. The minimum atomic E-state index is -1.28. The third-order valence-electron chi connectivity index (χ3n) is 5.90. The number of aliphatic carboxylic acids is 1. The molecule has 0 saturated heterocycles. The van der Waals surface area contributed by atoms with Crippen LogP contribution in [0.4, 0.5) is 4.79 Å². The predicted octanol–water partition coefficient (Wildman–Crippen LogP) is 1.60. The van der Waals surface area contributed by atoms with E-state index in [1.165, 1.54) is 6.07 Å². The van der Waals surface area contributed by atoms with Gasteiger partial charge in [-0.05, 0) is 42.7 Å². The molecular weight excluding hydrogens is 568 g/mol. The zero-order valence-corrected chi connectivity index (χ0v) is 25.2. The number of nitrogens with one attached hydrogen (secondary N) is 4. The molecule has 3 atom stereocenters. The summed E-state index contributed by atoms with van der Waals surface area (Å²) in [5, 5.41) is 28.6. The van der Waals surface area contributed by atoms with Crippen molar-refractivity contribution in [3.8, 4) is 0 Å². The minimum absolute atomic E-state index is 0.0405. The monoisotopic (exact) mass is 610 g/mol. The zero-order chi connectivity index (χ0) is 31.8. The van der Waals surface area contributed by atoms with Crippen molar-refractivity contribution in [1.82, 2.24) is 21.3 Å². The van der Waals surface area contributed by atoms with Gasteiger partial charge in [-0.2, -0.15) is 12.6 Å². The fraction of sp³-hybridized carbons (Fsp3) is 0.571. The number of ether oxygens (including phenoxy) is 1. The van der Waals surface area contributed by atoms with Crippen LogP contribution in [0.25, 0.3) is 0 Å². The van der Waals surface area contributed by atoms with Gasteiger partial charge in [0.15, 0.2) is 0 Å². The first kappa shape index (κ1) is 36.2. The largest absolute Gasteiger partial charge is 0.481 e. The third-order valence-corrected chi connectivity index (χ3v) is 6.27. The van der Waals surface area contributed by atoms with E-state index < -0.39 is 60.3 Å². The summed E-state index contributed by atoms with van der Waals surface area (Å²) in [4.78, 5) is 73.7.